The molecule has 5 nitrogen and oxygen atoms in total. The number of piperidine rings is 1. The third-order valence-electron chi connectivity index (χ3n) is 5.44. The number of nitrogens with one attached hydrogen (secondary N) is 1. The minimum absolute atomic E-state index is 0.0769. The van der Waals surface area contributed by atoms with E-state index in [0.717, 1.165) is 37.2 Å². The van der Waals surface area contributed by atoms with Crippen LogP contribution in [0, 0.1) is 0 Å². The van der Waals surface area contributed by atoms with Crippen molar-refractivity contribution in [1.29, 1.82) is 0 Å². The number of benzene rings is 2. The molecule has 1 unspecified atom stereocenters. The summed E-state index contributed by atoms with van der Waals surface area (Å²) in [4.78, 5) is 13.8. The molecule has 1 aliphatic heterocycles. The van der Waals surface area contributed by atoms with Gasteiger partial charge in [-0.1, -0.05) is 24.3 Å². The summed E-state index contributed by atoms with van der Waals surface area (Å²) in [5.41, 5.74) is 3.71. The van der Waals surface area contributed by atoms with Crippen LogP contribution in [0.4, 0.5) is 10.5 Å². The quantitative estimate of drug-likeness (QED) is 0.773. The Hall–Kier alpha value is -2.69. The van der Waals surface area contributed by atoms with Crippen LogP contribution in [0.1, 0.15) is 49.8 Å². The van der Waals surface area contributed by atoms with E-state index in [2.05, 4.69) is 63.5 Å². The average Bonchev–Trinajstić information content (AvgIpc) is 2.74. The Morgan fingerprint density at radius 2 is 1.75 bits per heavy atom. The molecule has 2 aromatic carbocycles. The summed E-state index contributed by atoms with van der Waals surface area (Å²) in [6.45, 7) is 6.76. The Bertz CT molecular complexity index is 750. The van der Waals surface area contributed by atoms with E-state index < -0.39 is 6.09 Å². The molecule has 28 heavy (non-hydrogen) atoms. The van der Waals surface area contributed by atoms with Crippen molar-refractivity contribution in [2.24, 2.45) is 0 Å². The van der Waals surface area contributed by atoms with E-state index in [9.17, 15) is 4.79 Å². The fourth-order valence-electron chi connectivity index (χ4n) is 3.77. The number of hydrogen-bond donors (Lipinski definition) is 1. The molecule has 3 rings (SSSR count). The van der Waals surface area contributed by atoms with E-state index in [-0.39, 0.29) is 6.04 Å². The highest BCUT2D eigenvalue weighted by Crippen LogP contribution is 2.31. The number of nitrogens with zero attached hydrogens (tertiary/aromatic N) is 1. The lowest BCUT2D eigenvalue weighted by molar-refractivity contribution is 0.167. The van der Waals surface area contributed by atoms with Gasteiger partial charge in [0.2, 0.25) is 0 Å². The second kappa shape index (κ2) is 9.49. The fraction of sp³-hybridized carbons (Fsp3) is 0.435. The third kappa shape index (κ3) is 4.97. The summed E-state index contributed by atoms with van der Waals surface area (Å²) in [5.74, 6) is 1.55. The molecule has 0 aromatic heterocycles. The molecule has 1 fully saturated rings. The first-order chi connectivity index (χ1) is 13.6. The molecule has 0 aliphatic carbocycles. The molecule has 0 spiro atoms. The van der Waals surface area contributed by atoms with Crippen LogP contribution >= 0.6 is 0 Å². The SMILES string of the molecule is CCOc1ccc(C2CCN(c3ccc(C(C)NC(=O)OC)cc3)CC2)cc1. The summed E-state index contributed by atoms with van der Waals surface area (Å²) in [6, 6.07) is 16.9. The van der Waals surface area contributed by atoms with Crippen molar-refractivity contribution in [1.82, 2.24) is 5.32 Å². The highest BCUT2D eigenvalue weighted by Gasteiger charge is 2.21. The average molecular weight is 383 g/mol. The predicted octanol–water partition coefficient (Wildman–Crippen LogP) is 4.89. The molecule has 0 radical (unpaired) electrons. The lowest BCUT2D eigenvalue weighted by Gasteiger charge is -2.34. The van der Waals surface area contributed by atoms with Gasteiger partial charge >= 0.3 is 6.09 Å². The minimum Gasteiger partial charge on any atom is -0.494 e. The lowest BCUT2D eigenvalue weighted by atomic mass is 9.89. The van der Waals surface area contributed by atoms with Gasteiger partial charge in [-0.15, -0.1) is 0 Å². The predicted molar refractivity (Wildman–Crippen MR) is 112 cm³/mol. The highest BCUT2D eigenvalue weighted by atomic mass is 16.5. The maximum atomic E-state index is 11.4. The molecule has 1 N–H and O–H groups in total. The monoisotopic (exact) mass is 382 g/mol. The Balaban J connectivity index is 1.55. The third-order valence-corrected chi connectivity index (χ3v) is 5.44. The van der Waals surface area contributed by atoms with E-state index in [0.29, 0.717) is 12.5 Å². The van der Waals surface area contributed by atoms with Crippen molar-refractivity contribution < 1.29 is 14.3 Å². The Labute approximate surface area is 167 Å². The number of anilines is 1. The van der Waals surface area contributed by atoms with Gasteiger partial charge in [-0.05, 0) is 68.0 Å². The second-order valence-corrected chi connectivity index (χ2v) is 7.21. The van der Waals surface area contributed by atoms with Gasteiger partial charge in [-0.2, -0.15) is 0 Å². The van der Waals surface area contributed by atoms with E-state index >= 15 is 0 Å². The standard InChI is InChI=1S/C23H30N2O3/c1-4-28-22-11-7-19(8-12-22)20-13-15-25(16-14-20)21-9-5-18(6-10-21)17(2)24-23(26)27-3/h5-12,17,20H,4,13-16H2,1-3H3,(H,24,26). The molecular weight excluding hydrogens is 352 g/mol. The lowest BCUT2D eigenvalue weighted by Crippen LogP contribution is -2.32. The first-order valence-corrected chi connectivity index (χ1v) is 10.0. The zero-order valence-corrected chi connectivity index (χ0v) is 17.0. The molecule has 0 bridgehead atoms. The summed E-state index contributed by atoms with van der Waals surface area (Å²) in [6.07, 6.45) is 1.89. The smallest absolute Gasteiger partial charge is 0.407 e. The molecule has 1 amide bonds. The van der Waals surface area contributed by atoms with E-state index in [4.69, 9.17) is 4.74 Å². The van der Waals surface area contributed by atoms with Gasteiger partial charge < -0.3 is 19.7 Å². The van der Waals surface area contributed by atoms with Crippen LogP contribution in [0.5, 0.6) is 5.75 Å². The van der Waals surface area contributed by atoms with Gasteiger partial charge in [-0.3, -0.25) is 0 Å². The zero-order chi connectivity index (χ0) is 19.9. The number of alkyl carbamates (subject to hydrolysis) is 1. The number of amides is 1. The molecule has 5 heteroatoms. The van der Waals surface area contributed by atoms with Crippen LogP contribution in [0.25, 0.3) is 0 Å². The number of methoxy groups -OCH3 is 1. The number of carbonyl (C=O) groups is 1. The summed E-state index contributed by atoms with van der Waals surface area (Å²) >= 11 is 0. The van der Waals surface area contributed by atoms with E-state index in [1.807, 2.05) is 13.8 Å². The maximum Gasteiger partial charge on any atom is 0.407 e. The second-order valence-electron chi connectivity index (χ2n) is 7.21. The molecule has 1 heterocycles. The topological polar surface area (TPSA) is 50.8 Å². The minimum atomic E-state index is -0.409. The number of carbonyl (C=O) groups excluding carboxylic acids is 1. The molecule has 1 atom stereocenters. The van der Waals surface area contributed by atoms with Gasteiger partial charge in [0.1, 0.15) is 5.75 Å². The summed E-state index contributed by atoms with van der Waals surface area (Å²) in [5, 5.41) is 2.80. The number of hydrogen-bond acceptors (Lipinski definition) is 4. The van der Waals surface area contributed by atoms with Crippen LogP contribution in [0.15, 0.2) is 48.5 Å². The van der Waals surface area contributed by atoms with Crippen LogP contribution in [-0.4, -0.2) is 32.9 Å². The largest absolute Gasteiger partial charge is 0.494 e. The van der Waals surface area contributed by atoms with Gasteiger partial charge in [-0.25, -0.2) is 4.79 Å². The van der Waals surface area contributed by atoms with Gasteiger partial charge in [0.05, 0.1) is 19.8 Å². The van der Waals surface area contributed by atoms with Gasteiger partial charge in [0.15, 0.2) is 0 Å². The Kier molecular flexibility index (Phi) is 6.80. The maximum absolute atomic E-state index is 11.4. The van der Waals surface area contributed by atoms with Gasteiger partial charge in [0, 0.05) is 18.8 Å². The molecule has 2 aromatic rings. The fourth-order valence-corrected chi connectivity index (χ4v) is 3.77. The van der Waals surface area contributed by atoms with Crippen LogP contribution in [-0.2, 0) is 4.74 Å². The van der Waals surface area contributed by atoms with Crippen molar-refractivity contribution in [2.45, 2.75) is 38.6 Å². The molecular formula is C23H30N2O3. The van der Waals surface area contributed by atoms with Crippen LogP contribution < -0.4 is 15.0 Å². The van der Waals surface area contributed by atoms with E-state index in [1.54, 1.807) is 0 Å². The van der Waals surface area contributed by atoms with Crippen molar-refractivity contribution in [3.05, 3.63) is 59.7 Å². The van der Waals surface area contributed by atoms with Crippen molar-refractivity contribution in [3.8, 4) is 5.75 Å². The first-order valence-electron chi connectivity index (χ1n) is 10.0. The number of rotatable bonds is 6. The Morgan fingerprint density at radius 3 is 2.32 bits per heavy atom. The normalized spacial score (nSPS) is 15.8. The van der Waals surface area contributed by atoms with Gasteiger partial charge in [0.25, 0.3) is 0 Å². The molecule has 1 saturated heterocycles. The zero-order valence-electron chi connectivity index (χ0n) is 17.0. The van der Waals surface area contributed by atoms with Crippen molar-refractivity contribution in [2.75, 3.05) is 31.7 Å². The van der Waals surface area contributed by atoms with Crippen LogP contribution in [0.2, 0.25) is 0 Å². The number of ether oxygens (including phenoxy) is 2. The summed E-state index contributed by atoms with van der Waals surface area (Å²) < 4.78 is 10.2. The van der Waals surface area contributed by atoms with Crippen molar-refractivity contribution in [3.63, 3.8) is 0 Å². The molecule has 150 valence electrons. The molecule has 0 saturated carbocycles. The molecule has 1 aliphatic rings. The van der Waals surface area contributed by atoms with Crippen molar-refractivity contribution >= 4 is 11.8 Å². The van der Waals surface area contributed by atoms with Crippen LogP contribution in [0.3, 0.4) is 0 Å². The summed E-state index contributed by atoms with van der Waals surface area (Å²) in [7, 11) is 1.38. The first kappa shape index (κ1) is 20.1. The highest BCUT2D eigenvalue weighted by molar-refractivity contribution is 5.67. The Morgan fingerprint density at radius 1 is 1.11 bits per heavy atom. The van der Waals surface area contributed by atoms with E-state index in [1.165, 1.54) is 18.4 Å².